The number of aryl methyl sites for hydroxylation is 1. The maximum absolute atomic E-state index is 13.8. The van der Waals surface area contributed by atoms with Crippen molar-refractivity contribution in [1.82, 2.24) is 4.98 Å². The Labute approximate surface area is 120 Å². The van der Waals surface area contributed by atoms with E-state index in [1.54, 1.807) is 12.1 Å². The number of fused-ring (bicyclic) bond motifs is 1. The molecule has 0 unspecified atom stereocenters. The third-order valence-electron chi connectivity index (χ3n) is 3.22. The minimum Gasteiger partial charge on any atom is -0.398 e. The van der Waals surface area contributed by atoms with Crippen LogP contribution in [0.25, 0.3) is 10.8 Å². The number of halogens is 2. The maximum Gasteiger partial charge on any atom is 0.149 e. The molecule has 0 amide bonds. The number of rotatable bonds is 2. The molecule has 0 radical (unpaired) electrons. The zero-order valence-corrected chi connectivity index (χ0v) is 11.3. The van der Waals surface area contributed by atoms with Crippen LogP contribution < -0.4 is 11.1 Å². The Balaban J connectivity index is 2.14. The van der Waals surface area contributed by atoms with Crippen LogP contribution in [0.15, 0.2) is 42.5 Å². The second-order valence-electron chi connectivity index (χ2n) is 4.80. The predicted molar refractivity (Wildman–Crippen MR) is 80.5 cm³/mol. The predicted octanol–water partition coefficient (Wildman–Crippen LogP) is 4.15. The van der Waals surface area contributed by atoms with Gasteiger partial charge in [-0.1, -0.05) is 12.1 Å². The molecular weight excluding hydrogens is 272 g/mol. The fourth-order valence-electron chi connectivity index (χ4n) is 2.24. The molecule has 3 N–H and O–H groups in total. The number of nitrogen functional groups attached to an aromatic ring is 1. The highest BCUT2D eigenvalue weighted by Crippen LogP contribution is 2.29. The number of anilines is 3. The van der Waals surface area contributed by atoms with E-state index in [1.807, 2.05) is 19.1 Å². The van der Waals surface area contributed by atoms with Gasteiger partial charge < -0.3 is 11.1 Å². The molecule has 2 aromatic carbocycles. The molecule has 0 saturated heterocycles. The van der Waals surface area contributed by atoms with E-state index in [9.17, 15) is 8.78 Å². The van der Waals surface area contributed by atoms with Crippen LogP contribution in [0.5, 0.6) is 0 Å². The van der Waals surface area contributed by atoms with Crippen LogP contribution in [0.2, 0.25) is 0 Å². The second kappa shape index (κ2) is 5.01. The van der Waals surface area contributed by atoms with E-state index in [4.69, 9.17) is 5.73 Å². The average Bonchev–Trinajstić information content (AvgIpc) is 2.43. The number of nitrogens with one attached hydrogen (secondary N) is 1. The van der Waals surface area contributed by atoms with Gasteiger partial charge in [0, 0.05) is 28.2 Å². The van der Waals surface area contributed by atoms with Crippen LogP contribution in [0.3, 0.4) is 0 Å². The summed E-state index contributed by atoms with van der Waals surface area (Å²) < 4.78 is 26.7. The quantitative estimate of drug-likeness (QED) is 0.695. The van der Waals surface area contributed by atoms with Crippen molar-refractivity contribution in [3.8, 4) is 0 Å². The van der Waals surface area contributed by atoms with E-state index in [-0.39, 0.29) is 5.69 Å². The first-order valence-corrected chi connectivity index (χ1v) is 6.42. The summed E-state index contributed by atoms with van der Waals surface area (Å²) in [4.78, 5) is 4.37. The standard InChI is InChI=1S/C16H13F2N3/c1-9-7-12-11(3-2-4-14(12)19)16(20-9)21-15-6-5-10(17)8-13(15)18/h2-8H,19H2,1H3,(H,20,21). The topological polar surface area (TPSA) is 50.9 Å². The van der Waals surface area contributed by atoms with E-state index in [1.165, 1.54) is 12.1 Å². The van der Waals surface area contributed by atoms with Gasteiger partial charge in [-0.2, -0.15) is 0 Å². The summed E-state index contributed by atoms with van der Waals surface area (Å²) in [5, 5.41) is 4.53. The molecule has 21 heavy (non-hydrogen) atoms. The van der Waals surface area contributed by atoms with Crippen LogP contribution in [0, 0.1) is 18.6 Å². The van der Waals surface area contributed by atoms with Crippen molar-refractivity contribution in [2.75, 3.05) is 11.1 Å². The Morgan fingerprint density at radius 1 is 1.05 bits per heavy atom. The van der Waals surface area contributed by atoms with Gasteiger partial charge in [-0.15, -0.1) is 0 Å². The minimum atomic E-state index is -0.671. The lowest BCUT2D eigenvalue weighted by Crippen LogP contribution is -2.00. The number of nitrogens with zero attached hydrogens (tertiary/aromatic N) is 1. The Kier molecular flexibility index (Phi) is 3.17. The fourth-order valence-corrected chi connectivity index (χ4v) is 2.24. The smallest absolute Gasteiger partial charge is 0.149 e. The zero-order valence-electron chi connectivity index (χ0n) is 11.3. The Morgan fingerprint density at radius 2 is 1.86 bits per heavy atom. The van der Waals surface area contributed by atoms with E-state index < -0.39 is 11.6 Å². The highest BCUT2D eigenvalue weighted by Gasteiger charge is 2.09. The molecule has 0 fully saturated rings. The molecule has 0 saturated carbocycles. The van der Waals surface area contributed by atoms with Gasteiger partial charge in [-0.3, -0.25) is 0 Å². The van der Waals surface area contributed by atoms with Gasteiger partial charge in [0.05, 0.1) is 5.69 Å². The van der Waals surface area contributed by atoms with Gasteiger partial charge in [0.1, 0.15) is 17.5 Å². The monoisotopic (exact) mass is 285 g/mol. The van der Waals surface area contributed by atoms with Gasteiger partial charge >= 0.3 is 0 Å². The van der Waals surface area contributed by atoms with Crippen LogP contribution in [0.4, 0.5) is 26.0 Å². The molecule has 106 valence electrons. The molecule has 3 nitrogen and oxygen atoms in total. The Bertz CT molecular complexity index is 831. The summed E-state index contributed by atoms with van der Waals surface area (Å²) in [5.41, 5.74) is 7.50. The summed E-state index contributed by atoms with van der Waals surface area (Å²) in [7, 11) is 0. The number of hydrogen-bond acceptors (Lipinski definition) is 3. The molecule has 0 aliphatic heterocycles. The summed E-state index contributed by atoms with van der Waals surface area (Å²) in [5.74, 6) is -0.803. The van der Waals surface area contributed by atoms with E-state index in [0.717, 1.165) is 22.5 Å². The first kappa shape index (κ1) is 13.3. The van der Waals surface area contributed by atoms with Crippen molar-refractivity contribution in [1.29, 1.82) is 0 Å². The number of pyridine rings is 1. The lowest BCUT2D eigenvalue weighted by molar-refractivity contribution is 0.586. The lowest BCUT2D eigenvalue weighted by Gasteiger charge is -2.12. The second-order valence-corrected chi connectivity index (χ2v) is 4.80. The van der Waals surface area contributed by atoms with Crippen molar-refractivity contribution in [3.05, 3.63) is 59.8 Å². The SMILES string of the molecule is Cc1cc2c(N)cccc2c(Nc2ccc(F)cc2F)n1. The summed E-state index contributed by atoms with van der Waals surface area (Å²) >= 11 is 0. The molecular formula is C16H13F2N3. The van der Waals surface area contributed by atoms with Crippen molar-refractivity contribution < 1.29 is 8.78 Å². The number of hydrogen-bond donors (Lipinski definition) is 2. The first-order valence-electron chi connectivity index (χ1n) is 6.42. The maximum atomic E-state index is 13.8. The third-order valence-corrected chi connectivity index (χ3v) is 3.22. The molecule has 5 heteroatoms. The molecule has 1 aromatic heterocycles. The molecule has 0 bridgehead atoms. The highest BCUT2D eigenvalue weighted by atomic mass is 19.1. The van der Waals surface area contributed by atoms with E-state index >= 15 is 0 Å². The summed E-state index contributed by atoms with van der Waals surface area (Å²) in [6.07, 6.45) is 0. The molecule has 0 aliphatic carbocycles. The number of benzene rings is 2. The molecule has 3 aromatic rings. The molecule has 3 rings (SSSR count). The average molecular weight is 285 g/mol. The normalized spacial score (nSPS) is 10.8. The Hall–Kier alpha value is -2.69. The van der Waals surface area contributed by atoms with E-state index in [2.05, 4.69) is 10.3 Å². The highest BCUT2D eigenvalue weighted by molar-refractivity contribution is 6.00. The fraction of sp³-hybridized carbons (Fsp3) is 0.0625. The number of nitrogens with two attached hydrogens (primary N) is 1. The minimum absolute atomic E-state index is 0.165. The van der Waals surface area contributed by atoms with Crippen molar-refractivity contribution in [3.63, 3.8) is 0 Å². The zero-order chi connectivity index (χ0) is 15.0. The Morgan fingerprint density at radius 3 is 2.62 bits per heavy atom. The molecule has 1 heterocycles. The number of aromatic nitrogens is 1. The van der Waals surface area contributed by atoms with Crippen molar-refractivity contribution >= 4 is 28.0 Å². The van der Waals surface area contributed by atoms with Crippen LogP contribution in [-0.2, 0) is 0 Å². The summed E-state index contributed by atoms with van der Waals surface area (Å²) in [6, 6.07) is 10.7. The first-order chi connectivity index (χ1) is 10.0. The molecule has 0 atom stereocenters. The van der Waals surface area contributed by atoms with Gasteiger partial charge in [-0.25, -0.2) is 13.8 Å². The van der Waals surface area contributed by atoms with Crippen LogP contribution in [0.1, 0.15) is 5.69 Å². The van der Waals surface area contributed by atoms with Crippen LogP contribution >= 0.6 is 0 Å². The third kappa shape index (κ3) is 2.50. The van der Waals surface area contributed by atoms with Gasteiger partial charge in [0.25, 0.3) is 0 Å². The molecule has 0 spiro atoms. The van der Waals surface area contributed by atoms with Gasteiger partial charge in [-0.05, 0) is 31.2 Å². The molecule has 0 aliphatic rings. The van der Waals surface area contributed by atoms with Crippen LogP contribution in [-0.4, -0.2) is 4.98 Å². The largest absolute Gasteiger partial charge is 0.398 e. The van der Waals surface area contributed by atoms with Crippen molar-refractivity contribution in [2.45, 2.75) is 6.92 Å². The summed E-state index contributed by atoms with van der Waals surface area (Å²) in [6.45, 7) is 1.83. The van der Waals surface area contributed by atoms with Gasteiger partial charge in [0.2, 0.25) is 0 Å². The van der Waals surface area contributed by atoms with Crippen molar-refractivity contribution in [2.24, 2.45) is 0 Å². The lowest BCUT2D eigenvalue weighted by atomic mass is 10.1. The van der Waals surface area contributed by atoms with Gasteiger partial charge in [0.15, 0.2) is 0 Å². The van der Waals surface area contributed by atoms with E-state index in [0.29, 0.717) is 11.5 Å².